The first-order valence-corrected chi connectivity index (χ1v) is 5.50. The number of halogens is 1. The van der Waals surface area contributed by atoms with Crippen LogP contribution < -0.4 is 0 Å². The highest BCUT2D eigenvalue weighted by Gasteiger charge is 2.11. The van der Waals surface area contributed by atoms with Crippen LogP contribution in [0.15, 0.2) is 24.4 Å². The number of hydrogen-bond acceptors (Lipinski definition) is 3. The summed E-state index contributed by atoms with van der Waals surface area (Å²) in [6.45, 7) is 0. The Bertz CT molecular complexity index is 507. The fraction of sp³-hybridized carbons (Fsp3) is 0.200. The molecule has 0 aliphatic carbocycles. The third-order valence-corrected chi connectivity index (χ3v) is 2.73. The van der Waals surface area contributed by atoms with E-state index >= 15 is 0 Å². The van der Waals surface area contributed by atoms with Gasteiger partial charge in [-0.3, -0.25) is 0 Å². The predicted octanol–water partition coefficient (Wildman–Crippen LogP) is 2.02. The Kier molecular flexibility index (Phi) is 2.73. The largest absolute Gasteiger partial charge is 0.464 e. The van der Waals surface area contributed by atoms with Crippen LogP contribution in [-0.4, -0.2) is 22.7 Å². The lowest BCUT2D eigenvalue weighted by Crippen LogP contribution is -2.01. The molecule has 2 aromatic heterocycles. The SMILES string of the molecule is COC(=O)c1cc2c(CBr)cccn2n1. The second-order valence-electron chi connectivity index (χ2n) is 3.02. The lowest BCUT2D eigenvalue weighted by Gasteiger charge is -1.97. The maximum atomic E-state index is 11.3. The van der Waals surface area contributed by atoms with Gasteiger partial charge in [-0.25, -0.2) is 9.31 Å². The molecule has 0 aliphatic heterocycles. The van der Waals surface area contributed by atoms with Gasteiger partial charge in [0.05, 0.1) is 12.6 Å². The van der Waals surface area contributed by atoms with Crippen LogP contribution in [0, 0.1) is 0 Å². The number of pyridine rings is 1. The van der Waals surface area contributed by atoms with E-state index in [1.54, 1.807) is 16.8 Å². The van der Waals surface area contributed by atoms with Crippen molar-refractivity contribution in [2.45, 2.75) is 5.33 Å². The molecule has 0 aromatic carbocycles. The highest BCUT2D eigenvalue weighted by Crippen LogP contribution is 2.15. The summed E-state index contributed by atoms with van der Waals surface area (Å²) in [4.78, 5) is 11.3. The van der Waals surface area contributed by atoms with Gasteiger partial charge in [-0.1, -0.05) is 22.0 Å². The van der Waals surface area contributed by atoms with E-state index in [9.17, 15) is 4.79 Å². The monoisotopic (exact) mass is 268 g/mol. The van der Waals surface area contributed by atoms with Crippen LogP contribution in [0.25, 0.3) is 5.52 Å². The zero-order valence-corrected chi connectivity index (χ0v) is 9.69. The van der Waals surface area contributed by atoms with Crippen LogP contribution in [0.5, 0.6) is 0 Å². The molecule has 0 fully saturated rings. The molecule has 0 saturated heterocycles. The number of esters is 1. The fourth-order valence-electron chi connectivity index (χ4n) is 1.39. The number of aromatic nitrogens is 2. The summed E-state index contributed by atoms with van der Waals surface area (Å²) in [6.07, 6.45) is 1.80. The highest BCUT2D eigenvalue weighted by atomic mass is 79.9. The maximum absolute atomic E-state index is 11.3. The zero-order chi connectivity index (χ0) is 10.8. The van der Waals surface area contributed by atoms with Crippen LogP contribution >= 0.6 is 15.9 Å². The molecule has 0 bridgehead atoms. The maximum Gasteiger partial charge on any atom is 0.358 e. The molecule has 78 valence electrons. The number of ether oxygens (including phenoxy) is 1. The van der Waals surface area contributed by atoms with Crippen LogP contribution in [0.1, 0.15) is 16.1 Å². The minimum atomic E-state index is -0.417. The Hall–Kier alpha value is -1.36. The summed E-state index contributed by atoms with van der Waals surface area (Å²) in [5.74, 6) is -0.417. The van der Waals surface area contributed by atoms with Gasteiger partial charge < -0.3 is 4.74 Å². The fourth-order valence-corrected chi connectivity index (χ4v) is 1.87. The van der Waals surface area contributed by atoms with Gasteiger partial charge in [0.25, 0.3) is 0 Å². The number of alkyl halides is 1. The minimum Gasteiger partial charge on any atom is -0.464 e. The molecule has 0 radical (unpaired) electrons. The van der Waals surface area contributed by atoms with Crippen molar-refractivity contribution in [2.24, 2.45) is 0 Å². The normalized spacial score (nSPS) is 10.5. The third-order valence-electron chi connectivity index (χ3n) is 2.13. The first-order valence-electron chi connectivity index (χ1n) is 4.38. The van der Waals surface area contributed by atoms with Gasteiger partial charge in [-0.15, -0.1) is 0 Å². The van der Waals surface area contributed by atoms with Gasteiger partial charge in [0.2, 0.25) is 0 Å². The van der Waals surface area contributed by atoms with E-state index in [-0.39, 0.29) is 0 Å². The number of hydrogen-bond donors (Lipinski definition) is 0. The summed E-state index contributed by atoms with van der Waals surface area (Å²) in [7, 11) is 1.34. The Morgan fingerprint density at radius 1 is 1.67 bits per heavy atom. The summed E-state index contributed by atoms with van der Waals surface area (Å²) in [5, 5.41) is 4.84. The first kappa shape index (κ1) is 10.2. The number of carbonyl (C=O) groups is 1. The molecule has 0 amide bonds. The Labute approximate surface area is 95.0 Å². The van der Waals surface area contributed by atoms with E-state index in [4.69, 9.17) is 0 Å². The van der Waals surface area contributed by atoms with E-state index in [1.165, 1.54) is 7.11 Å². The minimum absolute atomic E-state index is 0.325. The Balaban J connectivity index is 2.60. The van der Waals surface area contributed by atoms with Crippen molar-refractivity contribution < 1.29 is 9.53 Å². The Morgan fingerprint density at radius 3 is 3.13 bits per heavy atom. The van der Waals surface area contributed by atoms with Gasteiger partial charge in [0.1, 0.15) is 0 Å². The molecule has 0 unspecified atom stereocenters. The molecular weight excluding hydrogens is 260 g/mol. The quantitative estimate of drug-likeness (QED) is 0.618. The van der Waals surface area contributed by atoms with Crippen LogP contribution in [0.2, 0.25) is 0 Å². The number of methoxy groups -OCH3 is 1. The number of rotatable bonds is 2. The predicted molar refractivity (Wildman–Crippen MR) is 59.2 cm³/mol. The van der Waals surface area contributed by atoms with Gasteiger partial charge >= 0.3 is 5.97 Å². The smallest absolute Gasteiger partial charge is 0.358 e. The second kappa shape index (κ2) is 4.02. The van der Waals surface area contributed by atoms with E-state index in [2.05, 4.69) is 25.8 Å². The van der Waals surface area contributed by atoms with Crippen molar-refractivity contribution in [3.8, 4) is 0 Å². The first-order chi connectivity index (χ1) is 7.26. The van der Waals surface area contributed by atoms with Gasteiger partial charge in [-0.2, -0.15) is 5.10 Å². The molecule has 5 heteroatoms. The average Bonchev–Trinajstić information content (AvgIpc) is 2.71. The average molecular weight is 269 g/mol. The molecule has 4 nitrogen and oxygen atoms in total. The third kappa shape index (κ3) is 1.74. The van der Waals surface area contributed by atoms with Crippen LogP contribution in [0.3, 0.4) is 0 Å². The number of fused-ring (bicyclic) bond motifs is 1. The molecule has 2 heterocycles. The lowest BCUT2D eigenvalue weighted by atomic mass is 10.2. The van der Waals surface area contributed by atoms with Crippen molar-refractivity contribution >= 4 is 27.4 Å². The molecule has 2 rings (SSSR count). The number of carbonyl (C=O) groups excluding carboxylic acids is 1. The molecule has 0 aliphatic rings. The molecule has 0 N–H and O–H groups in total. The van der Waals surface area contributed by atoms with Gasteiger partial charge in [0.15, 0.2) is 5.69 Å². The van der Waals surface area contributed by atoms with Crippen LogP contribution in [-0.2, 0) is 10.1 Å². The van der Waals surface area contributed by atoms with Gasteiger partial charge in [0, 0.05) is 11.5 Å². The standard InChI is InChI=1S/C10H9BrN2O2/c1-15-10(14)8-5-9-7(6-11)3-2-4-13(9)12-8/h2-5H,6H2,1H3. The van der Waals surface area contributed by atoms with E-state index in [0.29, 0.717) is 5.69 Å². The van der Waals surface area contributed by atoms with Crippen molar-refractivity contribution in [1.82, 2.24) is 9.61 Å². The van der Waals surface area contributed by atoms with Gasteiger partial charge in [-0.05, 0) is 17.7 Å². The van der Waals surface area contributed by atoms with E-state index < -0.39 is 5.97 Å². The lowest BCUT2D eigenvalue weighted by molar-refractivity contribution is 0.0593. The van der Waals surface area contributed by atoms with Crippen molar-refractivity contribution in [3.05, 3.63) is 35.7 Å². The van der Waals surface area contributed by atoms with Crippen molar-refractivity contribution in [1.29, 1.82) is 0 Å². The molecule has 0 saturated carbocycles. The summed E-state index contributed by atoms with van der Waals surface area (Å²) in [6, 6.07) is 5.59. The molecule has 0 spiro atoms. The van der Waals surface area contributed by atoms with Crippen molar-refractivity contribution in [3.63, 3.8) is 0 Å². The summed E-state index contributed by atoms with van der Waals surface area (Å²) >= 11 is 3.38. The summed E-state index contributed by atoms with van der Waals surface area (Å²) < 4.78 is 6.28. The summed E-state index contributed by atoms with van der Waals surface area (Å²) in [5.41, 5.74) is 2.32. The topological polar surface area (TPSA) is 43.6 Å². The molecular formula is C10H9BrN2O2. The molecule has 15 heavy (non-hydrogen) atoms. The van der Waals surface area contributed by atoms with E-state index in [1.807, 2.05) is 12.1 Å². The highest BCUT2D eigenvalue weighted by molar-refractivity contribution is 9.08. The van der Waals surface area contributed by atoms with Crippen molar-refractivity contribution in [2.75, 3.05) is 7.11 Å². The van der Waals surface area contributed by atoms with E-state index in [0.717, 1.165) is 16.4 Å². The second-order valence-corrected chi connectivity index (χ2v) is 3.58. The molecule has 2 aromatic rings. The van der Waals surface area contributed by atoms with Crippen LogP contribution in [0.4, 0.5) is 0 Å². The molecule has 0 atom stereocenters. The number of nitrogens with zero attached hydrogens (tertiary/aromatic N) is 2. The Morgan fingerprint density at radius 2 is 2.47 bits per heavy atom. The zero-order valence-electron chi connectivity index (χ0n) is 8.11.